The molecule has 0 saturated heterocycles. The van der Waals surface area contributed by atoms with Crippen molar-refractivity contribution in [3.8, 4) is 0 Å². The normalized spacial score (nSPS) is 9.88. The van der Waals surface area contributed by atoms with E-state index in [1.165, 1.54) is 5.56 Å². The molecule has 44 valence electrons. The quantitative estimate of drug-likeness (QED) is 0.538. The monoisotopic (exact) mass is 162 g/mol. The van der Waals surface area contributed by atoms with Gasteiger partial charge in [-0.1, -0.05) is 0 Å². The first-order chi connectivity index (χ1) is 3.70. The molecule has 0 amide bonds. The van der Waals surface area contributed by atoms with E-state index in [9.17, 15) is 0 Å². The number of aryl methyl sites for hydroxylation is 1. The zero-order valence-electron chi connectivity index (χ0n) is 4.38. The summed E-state index contributed by atoms with van der Waals surface area (Å²) in [7, 11) is 0. The first-order valence-electron chi connectivity index (χ1n) is 2.18. The highest BCUT2D eigenvalue weighted by atomic mass is 32.2. The Hall–Kier alpha value is 0.400. The highest BCUT2D eigenvalue weighted by Crippen LogP contribution is 2.27. The van der Waals surface area contributed by atoms with Gasteiger partial charge in [-0.2, -0.15) is 0 Å². The van der Waals surface area contributed by atoms with Crippen LogP contribution in [0.1, 0.15) is 5.56 Å². The van der Waals surface area contributed by atoms with Gasteiger partial charge < -0.3 is 0 Å². The molecule has 0 atom stereocenters. The zero-order chi connectivity index (χ0) is 6.15. The lowest BCUT2D eigenvalue weighted by molar-refractivity contribution is 1.42. The summed E-state index contributed by atoms with van der Waals surface area (Å²) in [5, 5.41) is 0. The van der Waals surface area contributed by atoms with E-state index < -0.39 is 0 Å². The second kappa shape index (κ2) is 2.33. The molecule has 1 aromatic heterocycles. The van der Waals surface area contributed by atoms with Crippen LogP contribution < -0.4 is 0 Å². The van der Waals surface area contributed by atoms with Crippen molar-refractivity contribution in [2.75, 3.05) is 0 Å². The molecule has 0 saturated carbocycles. The van der Waals surface area contributed by atoms with E-state index in [-0.39, 0.29) is 0 Å². The van der Waals surface area contributed by atoms with Crippen LogP contribution >= 0.6 is 36.6 Å². The molecule has 0 aliphatic carbocycles. The van der Waals surface area contributed by atoms with E-state index in [1.807, 2.05) is 13.0 Å². The second-order valence-electron chi connectivity index (χ2n) is 1.57. The fourth-order valence-corrected chi connectivity index (χ4v) is 2.15. The highest BCUT2D eigenvalue weighted by molar-refractivity contribution is 7.85. The molecule has 1 rings (SSSR count). The van der Waals surface area contributed by atoms with Gasteiger partial charge in [-0.3, -0.25) is 0 Å². The first kappa shape index (κ1) is 6.52. The summed E-state index contributed by atoms with van der Waals surface area (Å²) in [5.41, 5.74) is 1.21. The van der Waals surface area contributed by atoms with Gasteiger partial charge in [0.05, 0.1) is 8.42 Å². The fourth-order valence-electron chi connectivity index (χ4n) is 0.456. The maximum absolute atomic E-state index is 4.19. The Balaban J connectivity index is 3.14. The predicted octanol–water partition coefficient (Wildman–Crippen LogP) is 2.63. The average Bonchev–Trinajstić information content (AvgIpc) is 1.85. The number of hydrogen-bond donors (Lipinski definition) is 2. The van der Waals surface area contributed by atoms with E-state index >= 15 is 0 Å². The van der Waals surface area contributed by atoms with Crippen LogP contribution in [0.2, 0.25) is 0 Å². The van der Waals surface area contributed by atoms with Crippen LogP contribution in [-0.2, 0) is 0 Å². The standard InChI is InChI=1S/C5H6S3/c1-3-2-4(6)8-5(3)7/h2,6-7H,1H3. The average molecular weight is 162 g/mol. The Morgan fingerprint density at radius 1 is 1.50 bits per heavy atom. The van der Waals surface area contributed by atoms with Gasteiger partial charge in [0.2, 0.25) is 0 Å². The maximum atomic E-state index is 4.19. The fraction of sp³-hybridized carbons (Fsp3) is 0.200. The summed E-state index contributed by atoms with van der Waals surface area (Å²) < 4.78 is 2.10. The van der Waals surface area contributed by atoms with Gasteiger partial charge in [0.15, 0.2) is 0 Å². The van der Waals surface area contributed by atoms with Gasteiger partial charge in [0.25, 0.3) is 0 Å². The van der Waals surface area contributed by atoms with Crippen LogP contribution in [-0.4, -0.2) is 0 Å². The number of hydrogen-bond acceptors (Lipinski definition) is 3. The smallest absolute Gasteiger partial charge is 0.0609 e. The van der Waals surface area contributed by atoms with Crippen molar-refractivity contribution in [3.63, 3.8) is 0 Å². The minimum atomic E-state index is 1.03. The van der Waals surface area contributed by atoms with Crippen molar-refractivity contribution in [2.24, 2.45) is 0 Å². The van der Waals surface area contributed by atoms with Crippen LogP contribution in [0.4, 0.5) is 0 Å². The van der Waals surface area contributed by atoms with Crippen LogP contribution in [0, 0.1) is 6.92 Å². The molecular weight excluding hydrogens is 156 g/mol. The van der Waals surface area contributed by atoms with Crippen molar-refractivity contribution in [1.82, 2.24) is 0 Å². The van der Waals surface area contributed by atoms with Crippen molar-refractivity contribution in [2.45, 2.75) is 15.3 Å². The van der Waals surface area contributed by atoms with E-state index in [4.69, 9.17) is 0 Å². The Morgan fingerprint density at radius 3 is 2.25 bits per heavy atom. The number of rotatable bonds is 0. The molecule has 0 spiro atoms. The second-order valence-corrected chi connectivity index (χ2v) is 4.16. The van der Waals surface area contributed by atoms with E-state index in [1.54, 1.807) is 11.3 Å². The van der Waals surface area contributed by atoms with Crippen LogP contribution in [0.5, 0.6) is 0 Å². The topological polar surface area (TPSA) is 0 Å². The van der Waals surface area contributed by atoms with Crippen LogP contribution in [0.25, 0.3) is 0 Å². The Bertz CT molecular complexity index is 170. The molecule has 0 aromatic carbocycles. The van der Waals surface area contributed by atoms with Gasteiger partial charge in [0, 0.05) is 0 Å². The molecule has 0 unspecified atom stereocenters. The molecule has 0 fully saturated rings. The summed E-state index contributed by atoms with van der Waals surface area (Å²) in [5.74, 6) is 0. The summed E-state index contributed by atoms with van der Waals surface area (Å²) in [6.45, 7) is 2.03. The minimum Gasteiger partial charge on any atom is -0.133 e. The molecule has 3 heteroatoms. The SMILES string of the molecule is Cc1cc(S)sc1S. The van der Waals surface area contributed by atoms with Crippen LogP contribution in [0.3, 0.4) is 0 Å². The van der Waals surface area contributed by atoms with E-state index in [0.29, 0.717) is 0 Å². The van der Waals surface area contributed by atoms with Gasteiger partial charge in [-0.15, -0.1) is 36.6 Å². The molecule has 0 aliphatic rings. The van der Waals surface area contributed by atoms with Gasteiger partial charge in [-0.05, 0) is 18.6 Å². The number of thiophene rings is 1. The number of thiol groups is 2. The third-order valence-electron chi connectivity index (χ3n) is 0.879. The Morgan fingerprint density at radius 2 is 2.12 bits per heavy atom. The highest BCUT2D eigenvalue weighted by Gasteiger charge is 1.95. The summed E-state index contributed by atoms with van der Waals surface area (Å²) in [6, 6.07) is 2.01. The maximum Gasteiger partial charge on any atom is 0.0609 e. The molecular formula is C5H6S3. The largest absolute Gasteiger partial charge is 0.133 e. The van der Waals surface area contributed by atoms with Gasteiger partial charge in [-0.25, -0.2) is 0 Å². The summed E-state index contributed by atoms with van der Waals surface area (Å²) in [6.07, 6.45) is 0. The van der Waals surface area contributed by atoms with Gasteiger partial charge in [0.1, 0.15) is 0 Å². The molecule has 0 nitrogen and oxygen atoms in total. The molecule has 0 N–H and O–H groups in total. The lowest BCUT2D eigenvalue weighted by Crippen LogP contribution is -1.56. The molecule has 0 radical (unpaired) electrons. The van der Waals surface area contributed by atoms with Gasteiger partial charge >= 0.3 is 0 Å². The summed E-state index contributed by atoms with van der Waals surface area (Å²) in [4.78, 5) is 0. The Kier molecular flexibility index (Phi) is 1.90. The molecule has 0 aliphatic heterocycles. The lowest BCUT2D eigenvalue weighted by Gasteiger charge is -1.78. The van der Waals surface area contributed by atoms with Crippen LogP contribution in [0.15, 0.2) is 14.5 Å². The van der Waals surface area contributed by atoms with Crippen molar-refractivity contribution in [1.29, 1.82) is 0 Å². The van der Waals surface area contributed by atoms with Crippen molar-refractivity contribution >= 4 is 36.6 Å². The van der Waals surface area contributed by atoms with E-state index in [0.717, 1.165) is 8.42 Å². The molecule has 1 heterocycles. The molecule has 0 bridgehead atoms. The van der Waals surface area contributed by atoms with Crippen molar-refractivity contribution in [3.05, 3.63) is 11.6 Å². The first-order valence-corrected chi connectivity index (χ1v) is 3.89. The minimum absolute atomic E-state index is 1.03. The molecule has 8 heavy (non-hydrogen) atoms. The zero-order valence-corrected chi connectivity index (χ0v) is 6.99. The molecule has 1 aromatic rings. The predicted molar refractivity (Wildman–Crippen MR) is 43.6 cm³/mol. The Labute approximate surface area is 63.7 Å². The third-order valence-corrected chi connectivity index (χ3v) is 2.75. The lowest BCUT2D eigenvalue weighted by atomic mass is 10.4. The summed E-state index contributed by atoms with van der Waals surface area (Å²) >= 11 is 9.93. The van der Waals surface area contributed by atoms with Crippen molar-refractivity contribution < 1.29 is 0 Å². The third kappa shape index (κ3) is 1.21. The van der Waals surface area contributed by atoms with E-state index in [2.05, 4.69) is 25.3 Å².